The van der Waals surface area contributed by atoms with Crippen molar-refractivity contribution in [2.45, 2.75) is 26.2 Å². The van der Waals surface area contributed by atoms with Crippen LogP contribution < -0.4 is 4.43 Å². The molecule has 1 aromatic rings. The second-order valence-electron chi connectivity index (χ2n) is 4.14. The number of hydrogen-bond donors (Lipinski definition) is 1. The zero-order valence-corrected chi connectivity index (χ0v) is 11.3. The van der Waals surface area contributed by atoms with Crippen molar-refractivity contribution in [1.82, 2.24) is 0 Å². The molecule has 1 aromatic carbocycles. The minimum absolute atomic E-state index is 0.0613. The Balaban J connectivity index is 2.89. The summed E-state index contributed by atoms with van der Waals surface area (Å²) in [7, 11) is -1.55. The molecule has 1 N–H and O–H groups in total. The van der Waals surface area contributed by atoms with Crippen molar-refractivity contribution in [2.24, 2.45) is 0 Å². The third-order valence-corrected chi connectivity index (χ3v) is 3.05. The monoisotopic (exact) mass is 274 g/mol. The quantitative estimate of drug-likeness (QED) is 0.859. The van der Waals surface area contributed by atoms with Gasteiger partial charge in [-0.15, -0.1) is 0 Å². The minimum Gasteiger partial charge on any atom is -0.544 e. The summed E-state index contributed by atoms with van der Waals surface area (Å²) in [6, 6.07) is 5.66. The fourth-order valence-corrected chi connectivity index (χ4v) is 2.55. The van der Waals surface area contributed by atoms with Crippen molar-refractivity contribution < 1.29 is 9.53 Å². The van der Waals surface area contributed by atoms with Gasteiger partial charge >= 0.3 is 0 Å². The van der Waals surface area contributed by atoms with E-state index in [1.54, 1.807) is 0 Å². The van der Waals surface area contributed by atoms with Gasteiger partial charge in [0.15, 0.2) is 0 Å². The minimum atomic E-state index is -1.55. The van der Waals surface area contributed by atoms with Gasteiger partial charge in [0.2, 0.25) is 8.32 Å². The topological polar surface area (TPSA) is 29.5 Å². The van der Waals surface area contributed by atoms with E-state index in [1.807, 2.05) is 18.2 Å². The van der Waals surface area contributed by atoms with Crippen LogP contribution in [-0.2, 0) is 6.61 Å². The van der Waals surface area contributed by atoms with Crippen LogP contribution in [0.1, 0.15) is 5.56 Å². The molecule has 0 aromatic heterocycles. The van der Waals surface area contributed by atoms with Crippen LogP contribution in [0, 0.1) is 0 Å². The Bertz CT molecular complexity index is 320. The van der Waals surface area contributed by atoms with Crippen LogP contribution in [0.25, 0.3) is 0 Å². The number of benzene rings is 1. The van der Waals surface area contributed by atoms with Crippen molar-refractivity contribution in [3.63, 3.8) is 0 Å². The van der Waals surface area contributed by atoms with Gasteiger partial charge in [0.25, 0.3) is 0 Å². The lowest BCUT2D eigenvalue weighted by Gasteiger charge is -2.20. The molecule has 0 saturated carbocycles. The summed E-state index contributed by atoms with van der Waals surface area (Å²) in [5.41, 5.74) is 0.889. The van der Waals surface area contributed by atoms with Gasteiger partial charge in [-0.1, -0.05) is 6.07 Å². The van der Waals surface area contributed by atoms with E-state index in [2.05, 4.69) is 35.6 Å². The van der Waals surface area contributed by atoms with Crippen molar-refractivity contribution in [3.8, 4) is 5.75 Å². The number of halogens is 1. The van der Waals surface area contributed by atoms with E-state index in [0.29, 0.717) is 0 Å². The largest absolute Gasteiger partial charge is 0.544 e. The summed E-state index contributed by atoms with van der Waals surface area (Å²) in [6.07, 6.45) is 0. The Morgan fingerprint density at radius 3 is 2.43 bits per heavy atom. The molecule has 0 aliphatic heterocycles. The molecule has 2 nitrogen and oxygen atoms in total. The van der Waals surface area contributed by atoms with Crippen LogP contribution in [0.5, 0.6) is 5.75 Å². The smallest absolute Gasteiger partial charge is 0.242 e. The first-order valence-corrected chi connectivity index (χ1v) is 8.71. The van der Waals surface area contributed by atoms with Crippen molar-refractivity contribution in [3.05, 3.63) is 28.2 Å². The first-order chi connectivity index (χ1) is 6.42. The Hall–Kier alpha value is -0.323. The van der Waals surface area contributed by atoms with Crippen molar-refractivity contribution >= 4 is 24.2 Å². The average Bonchev–Trinajstić information content (AvgIpc) is 2.06. The maximum atomic E-state index is 8.93. The van der Waals surface area contributed by atoms with Gasteiger partial charge in [0.1, 0.15) is 5.75 Å². The van der Waals surface area contributed by atoms with E-state index in [9.17, 15) is 0 Å². The molecule has 0 radical (unpaired) electrons. The molecule has 0 amide bonds. The standard InChI is InChI=1S/C10H15BrO2Si/c1-14(2,3)13-10-5-4-8(7-12)6-9(10)11/h4-6,12H,7H2,1-3H3. The third kappa shape index (κ3) is 3.44. The second kappa shape index (κ2) is 4.46. The van der Waals surface area contributed by atoms with Crippen LogP contribution in [0.4, 0.5) is 0 Å². The summed E-state index contributed by atoms with van der Waals surface area (Å²) in [6.45, 7) is 6.48. The summed E-state index contributed by atoms with van der Waals surface area (Å²) in [4.78, 5) is 0. The molecule has 0 atom stereocenters. The van der Waals surface area contributed by atoms with E-state index < -0.39 is 8.32 Å². The van der Waals surface area contributed by atoms with Gasteiger partial charge in [-0.2, -0.15) is 0 Å². The molecular formula is C10H15BrO2Si. The molecule has 0 bridgehead atoms. The van der Waals surface area contributed by atoms with Crippen molar-refractivity contribution in [1.29, 1.82) is 0 Å². The van der Waals surface area contributed by atoms with Gasteiger partial charge in [0, 0.05) is 0 Å². The Morgan fingerprint density at radius 1 is 1.36 bits per heavy atom. The fraction of sp³-hybridized carbons (Fsp3) is 0.400. The zero-order chi connectivity index (χ0) is 10.8. The third-order valence-electron chi connectivity index (χ3n) is 1.60. The highest BCUT2D eigenvalue weighted by Crippen LogP contribution is 2.28. The number of hydrogen-bond acceptors (Lipinski definition) is 2. The maximum Gasteiger partial charge on any atom is 0.242 e. The maximum absolute atomic E-state index is 8.93. The number of rotatable bonds is 3. The lowest BCUT2D eigenvalue weighted by atomic mass is 10.2. The fourth-order valence-electron chi connectivity index (χ4n) is 1.06. The zero-order valence-electron chi connectivity index (χ0n) is 8.67. The van der Waals surface area contributed by atoms with Gasteiger partial charge in [-0.05, 0) is 53.3 Å². The van der Waals surface area contributed by atoms with Crippen LogP contribution in [0.15, 0.2) is 22.7 Å². The molecule has 1 rings (SSSR count). The lowest BCUT2D eigenvalue weighted by Crippen LogP contribution is -2.29. The molecule has 0 unspecified atom stereocenters. The Morgan fingerprint density at radius 2 is 2.00 bits per heavy atom. The van der Waals surface area contributed by atoms with Crippen molar-refractivity contribution in [2.75, 3.05) is 0 Å². The van der Waals surface area contributed by atoms with E-state index in [-0.39, 0.29) is 6.61 Å². The van der Waals surface area contributed by atoms with Gasteiger partial charge in [-0.25, -0.2) is 0 Å². The summed E-state index contributed by atoms with van der Waals surface area (Å²) < 4.78 is 6.75. The van der Waals surface area contributed by atoms with E-state index >= 15 is 0 Å². The van der Waals surface area contributed by atoms with E-state index in [1.165, 1.54) is 0 Å². The Labute approximate surface area is 94.2 Å². The number of aliphatic hydroxyl groups is 1. The molecule has 0 aliphatic rings. The van der Waals surface area contributed by atoms with E-state index in [4.69, 9.17) is 9.53 Å². The van der Waals surface area contributed by atoms with Gasteiger partial charge < -0.3 is 9.53 Å². The Kier molecular flexibility index (Phi) is 3.75. The van der Waals surface area contributed by atoms with Gasteiger partial charge in [0.05, 0.1) is 11.1 Å². The van der Waals surface area contributed by atoms with E-state index in [0.717, 1.165) is 15.8 Å². The number of aliphatic hydroxyl groups excluding tert-OH is 1. The molecule has 0 heterocycles. The lowest BCUT2D eigenvalue weighted by molar-refractivity contribution is 0.281. The predicted molar refractivity (Wildman–Crippen MR) is 64.0 cm³/mol. The molecular weight excluding hydrogens is 260 g/mol. The van der Waals surface area contributed by atoms with Crippen LogP contribution in [-0.4, -0.2) is 13.4 Å². The SMILES string of the molecule is C[Si](C)(C)Oc1ccc(CO)cc1Br. The first kappa shape index (κ1) is 11.7. The van der Waals surface area contributed by atoms with Gasteiger partial charge in [-0.3, -0.25) is 0 Å². The highest BCUT2D eigenvalue weighted by atomic mass is 79.9. The molecule has 4 heteroatoms. The molecule has 0 spiro atoms. The highest BCUT2D eigenvalue weighted by molar-refractivity contribution is 9.10. The normalized spacial score (nSPS) is 11.5. The summed E-state index contributed by atoms with van der Waals surface area (Å²) in [5, 5.41) is 8.93. The summed E-state index contributed by atoms with van der Waals surface area (Å²) in [5.74, 6) is 0.862. The average molecular weight is 275 g/mol. The predicted octanol–water partition coefficient (Wildman–Crippen LogP) is 3.16. The van der Waals surface area contributed by atoms with Crippen LogP contribution in [0.3, 0.4) is 0 Å². The molecule has 0 aliphatic carbocycles. The highest BCUT2D eigenvalue weighted by Gasteiger charge is 2.17. The summed E-state index contributed by atoms with van der Waals surface area (Å²) >= 11 is 3.43. The molecule has 78 valence electrons. The first-order valence-electron chi connectivity index (χ1n) is 4.51. The molecule has 0 fully saturated rings. The molecule has 14 heavy (non-hydrogen) atoms. The van der Waals surface area contributed by atoms with Crippen LogP contribution >= 0.6 is 15.9 Å². The molecule has 0 saturated heterocycles. The second-order valence-corrected chi connectivity index (χ2v) is 9.42. The van der Waals surface area contributed by atoms with Crippen LogP contribution in [0.2, 0.25) is 19.6 Å².